The van der Waals surface area contributed by atoms with Gasteiger partial charge in [0, 0.05) is 16.5 Å². The van der Waals surface area contributed by atoms with Gasteiger partial charge >= 0.3 is 0 Å². The maximum absolute atomic E-state index is 9.75. The highest BCUT2D eigenvalue weighted by atomic mass is 32.1. The Morgan fingerprint density at radius 1 is 0.871 bits per heavy atom. The topological polar surface area (TPSA) is 55.1 Å². The van der Waals surface area contributed by atoms with Crippen molar-refractivity contribution in [3.8, 4) is 40.0 Å². The number of nitriles is 1. The molecule has 5 heteroatoms. The number of thiazole rings is 1. The fourth-order valence-corrected chi connectivity index (χ4v) is 4.11. The molecule has 0 aliphatic rings. The van der Waals surface area contributed by atoms with Crippen molar-refractivity contribution in [2.45, 2.75) is 0 Å². The summed E-state index contributed by atoms with van der Waals surface area (Å²) in [5.74, 6) is 1.21. The summed E-state index contributed by atoms with van der Waals surface area (Å²) < 4.78 is 10.8. The molecule has 0 fully saturated rings. The standard InChI is InChI=1S/C26H20N2O2S/c1-29-24-10-6-9-21(25(24)30-2)15-22(16-27)26-28-23(17-31-26)20-13-11-19(12-14-20)18-7-4-3-5-8-18/h3-15,17H,1-2H3. The van der Waals surface area contributed by atoms with E-state index in [1.54, 1.807) is 20.3 Å². The molecule has 0 aliphatic carbocycles. The van der Waals surface area contributed by atoms with Crippen molar-refractivity contribution in [3.63, 3.8) is 0 Å². The Balaban J connectivity index is 1.64. The third kappa shape index (κ3) is 4.35. The average Bonchev–Trinajstić information content (AvgIpc) is 3.33. The van der Waals surface area contributed by atoms with Gasteiger partial charge in [0.2, 0.25) is 0 Å². The molecule has 4 nitrogen and oxygen atoms in total. The van der Waals surface area contributed by atoms with E-state index in [0.717, 1.165) is 22.4 Å². The van der Waals surface area contributed by atoms with Crippen LogP contribution in [-0.4, -0.2) is 19.2 Å². The predicted molar refractivity (Wildman–Crippen MR) is 126 cm³/mol. The molecule has 4 rings (SSSR count). The quantitative estimate of drug-likeness (QED) is 0.329. The summed E-state index contributed by atoms with van der Waals surface area (Å²) in [6.07, 6.45) is 1.78. The first-order valence-corrected chi connectivity index (χ1v) is 10.6. The molecule has 0 saturated carbocycles. The van der Waals surface area contributed by atoms with Gasteiger partial charge < -0.3 is 9.47 Å². The molecule has 1 aromatic heterocycles. The maximum atomic E-state index is 9.75. The number of aromatic nitrogens is 1. The van der Waals surface area contributed by atoms with Gasteiger partial charge in [0.1, 0.15) is 11.1 Å². The maximum Gasteiger partial charge on any atom is 0.167 e. The zero-order chi connectivity index (χ0) is 21.6. The molecule has 1 heterocycles. The van der Waals surface area contributed by atoms with E-state index in [4.69, 9.17) is 14.5 Å². The smallest absolute Gasteiger partial charge is 0.167 e. The highest BCUT2D eigenvalue weighted by Crippen LogP contribution is 2.34. The Kier molecular flexibility index (Phi) is 6.11. The lowest BCUT2D eigenvalue weighted by Crippen LogP contribution is -1.93. The van der Waals surface area contributed by atoms with Crippen LogP contribution in [-0.2, 0) is 0 Å². The van der Waals surface area contributed by atoms with Crippen LogP contribution in [0, 0.1) is 11.3 Å². The molecular weight excluding hydrogens is 404 g/mol. The molecule has 0 bridgehead atoms. The van der Waals surface area contributed by atoms with Crippen LogP contribution in [0.4, 0.5) is 0 Å². The molecule has 0 unspecified atom stereocenters. The molecule has 31 heavy (non-hydrogen) atoms. The Morgan fingerprint density at radius 3 is 2.26 bits per heavy atom. The number of methoxy groups -OCH3 is 2. The number of ether oxygens (including phenoxy) is 2. The van der Waals surface area contributed by atoms with Gasteiger partial charge in [-0.2, -0.15) is 5.26 Å². The summed E-state index contributed by atoms with van der Waals surface area (Å²) in [6.45, 7) is 0. The van der Waals surface area contributed by atoms with Crippen LogP contribution in [0.15, 0.2) is 78.2 Å². The minimum absolute atomic E-state index is 0.476. The molecule has 0 saturated heterocycles. The molecular formula is C26H20N2O2S. The second kappa shape index (κ2) is 9.29. The molecule has 0 amide bonds. The Bertz CT molecular complexity index is 1250. The molecule has 0 atom stereocenters. The first kappa shape index (κ1) is 20.4. The number of allylic oxidation sites excluding steroid dienone is 1. The second-order valence-corrected chi connectivity index (χ2v) is 7.59. The fraction of sp³-hybridized carbons (Fsp3) is 0.0769. The van der Waals surface area contributed by atoms with Crippen LogP contribution in [0.25, 0.3) is 34.0 Å². The van der Waals surface area contributed by atoms with Crippen molar-refractivity contribution in [2.24, 2.45) is 0 Å². The summed E-state index contributed by atoms with van der Waals surface area (Å²) in [6, 6.07) is 26.4. The minimum Gasteiger partial charge on any atom is -0.493 e. The van der Waals surface area contributed by atoms with Crippen LogP contribution in [0.1, 0.15) is 10.6 Å². The lowest BCUT2D eigenvalue weighted by atomic mass is 10.0. The van der Waals surface area contributed by atoms with Crippen LogP contribution in [0.3, 0.4) is 0 Å². The van der Waals surface area contributed by atoms with Gasteiger partial charge in [-0.25, -0.2) is 4.98 Å². The average molecular weight is 425 g/mol. The van der Waals surface area contributed by atoms with E-state index >= 15 is 0 Å². The largest absolute Gasteiger partial charge is 0.493 e. The highest BCUT2D eigenvalue weighted by Gasteiger charge is 2.13. The summed E-state index contributed by atoms with van der Waals surface area (Å²) in [7, 11) is 3.18. The summed E-state index contributed by atoms with van der Waals surface area (Å²) in [5.41, 5.74) is 5.43. The Hall–Kier alpha value is -3.88. The predicted octanol–water partition coefficient (Wildman–Crippen LogP) is 6.56. The van der Waals surface area contributed by atoms with Gasteiger partial charge in [0.05, 0.1) is 25.5 Å². The monoisotopic (exact) mass is 424 g/mol. The van der Waals surface area contributed by atoms with Gasteiger partial charge in [-0.1, -0.05) is 66.7 Å². The third-order valence-corrected chi connectivity index (χ3v) is 5.75. The van der Waals surface area contributed by atoms with E-state index < -0.39 is 0 Å². The Labute approximate surface area is 185 Å². The SMILES string of the molecule is COc1cccc(C=C(C#N)c2nc(-c3ccc(-c4ccccc4)cc3)cs2)c1OC. The first-order valence-electron chi connectivity index (χ1n) is 9.68. The van der Waals surface area contributed by atoms with Gasteiger partial charge in [-0.05, 0) is 23.3 Å². The molecule has 0 aliphatic heterocycles. The van der Waals surface area contributed by atoms with Gasteiger partial charge in [-0.15, -0.1) is 11.3 Å². The minimum atomic E-state index is 0.476. The lowest BCUT2D eigenvalue weighted by Gasteiger charge is -2.10. The number of para-hydroxylation sites is 1. The number of nitrogens with zero attached hydrogens (tertiary/aromatic N) is 2. The van der Waals surface area contributed by atoms with E-state index in [1.807, 2.05) is 41.8 Å². The van der Waals surface area contributed by atoms with Crippen LogP contribution >= 0.6 is 11.3 Å². The highest BCUT2D eigenvalue weighted by molar-refractivity contribution is 7.11. The van der Waals surface area contributed by atoms with Crippen molar-refractivity contribution >= 4 is 23.0 Å². The number of hydrogen-bond acceptors (Lipinski definition) is 5. The van der Waals surface area contributed by atoms with Gasteiger partial charge in [0.15, 0.2) is 11.5 Å². The number of rotatable bonds is 6. The molecule has 4 aromatic rings. The zero-order valence-electron chi connectivity index (χ0n) is 17.2. The molecule has 0 radical (unpaired) electrons. The third-order valence-electron chi connectivity index (χ3n) is 4.88. The molecule has 3 aromatic carbocycles. The van der Waals surface area contributed by atoms with Crippen LogP contribution < -0.4 is 9.47 Å². The van der Waals surface area contributed by atoms with E-state index in [2.05, 4.69) is 42.5 Å². The second-order valence-electron chi connectivity index (χ2n) is 6.73. The first-order chi connectivity index (χ1) is 15.2. The molecule has 0 N–H and O–H groups in total. The number of benzene rings is 3. The van der Waals surface area contributed by atoms with Gasteiger partial charge in [0.25, 0.3) is 0 Å². The van der Waals surface area contributed by atoms with Crippen molar-refractivity contribution in [1.29, 1.82) is 5.26 Å². The van der Waals surface area contributed by atoms with E-state index in [1.165, 1.54) is 16.9 Å². The van der Waals surface area contributed by atoms with E-state index in [0.29, 0.717) is 22.1 Å². The van der Waals surface area contributed by atoms with Crippen LogP contribution in [0.5, 0.6) is 11.5 Å². The van der Waals surface area contributed by atoms with Crippen molar-refractivity contribution in [1.82, 2.24) is 4.98 Å². The van der Waals surface area contributed by atoms with Gasteiger partial charge in [-0.3, -0.25) is 0 Å². The fourth-order valence-electron chi connectivity index (χ4n) is 3.32. The van der Waals surface area contributed by atoms with Crippen LogP contribution in [0.2, 0.25) is 0 Å². The Morgan fingerprint density at radius 2 is 1.58 bits per heavy atom. The molecule has 152 valence electrons. The zero-order valence-corrected chi connectivity index (χ0v) is 18.0. The summed E-state index contributed by atoms with van der Waals surface area (Å²) in [4.78, 5) is 4.70. The summed E-state index contributed by atoms with van der Waals surface area (Å²) >= 11 is 1.45. The van der Waals surface area contributed by atoms with Crippen molar-refractivity contribution in [2.75, 3.05) is 14.2 Å². The van der Waals surface area contributed by atoms with Crippen molar-refractivity contribution in [3.05, 3.63) is 88.7 Å². The van der Waals surface area contributed by atoms with E-state index in [-0.39, 0.29) is 0 Å². The lowest BCUT2D eigenvalue weighted by molar-refractivity contribution is 0.354. The van der Waals surface area contributed by atoms with Crippen molar-refractivity contribution < 1.29 is 9.47 Å². The number of hydrogen-bond donors (Lipinski definition) is 0. The summed E-state index contributed by atoms with van der Waals surface area (Å²) in [5, 5.41) is 12.4. The molecule has 0 spiro atoms. The van der Waals surface area contributed by atoms with E-state index in [9.17, 15) is 5.26 Å². The normalized spacial score (nSPS) is 11.1.